The van der Waals surface area contributed by atoms with Crippen LogP contribution in [0, 0.1) is 6.92 Å². The Kier molecular flexibility index (Phi) is 5.55. The van der Waals surface area contributed by atoms with Crippen molar-refractivity contribution >= 4 is 35.2 Å². The van der Waals surface area contributed by atoms with E-state index in [9.17, 15) is 9.59 Å². The predicted octanol–water partition coefficient (Wildman–Crippen LogP) is 4.95. The topological polar surface area (TPSA) is 67.4 Å². The molecule has 0 saturated carbocycles. The number of ether oxygens (including phenoxy) is 1. The van der Waals surface area contributed by atoms with E-state index >= 15 is 0 Å². The second-order valence-electron chi connectivity index (χ2n) is 6.97. The van der Waals surface area contributed by atoms with E-state index in [1.165, 1.54) is 0 Å². The largest absolute Gasteiger partial charge is 0.449 e. The zero-order valence-corrected chi connectivity index (χ0v) is 17.0. The fourth-order valence-corrected chi connectivity index (χ4v) is 3.33. The average molecular weight is 419 g/mol. The van der Waals surface area contributed by atoms with Crippen LogP contribution in [-0.2, 0) is 11.3 Å². The highest BCUT2D eigenvalue weighted by molar-refractivity contribution is 6.32. The van der Waals surface area contributed by atoms with Gasteiger partial charge in [0.2, 0.25) is 0 Å². The molecule has 1 aliphatic heterocycles. The van der Waals surface area contributed by atoms with Gasteiger partial charge in [-0.2, -0.15) is 0 Å². The van der Waals surface area contributed by atoms with E-state index in [1.54, 1.807) is 36.4 Å². The Morgan fingerprint density at radius 2 is 1.93 bits per heavy atom. The lowest BCUT2D eigenvalue weighted by atomic mass is 10.1. The molecule has 1 aliphatic rings. The van der Waals surface area contributed by atoms with E-state index in [1.807, 2.05) is 43.3 Å². The van der Waals surface area contributed by atoms with Crippen LogP contribution in [0.3, 0.4) is 0 Å². The van der Waals surface area contributed by atoms with Crippen molar-refractivity contribution in [3.05, 3.63) is 99.8 Å². The van der Waals surface area contributed by atoms with Gasteiger partial charge in [0.25, 0.3) is 11.8 Å². The highest BCUT2D eigenvalue weighted by Gasteiger charge is 2.23. The minimum atomic E-state index is -0.403. The Morgan fingerprint density at radius 3 is 2.73 bits per heavy atom. The molecule has 0 atom stereocenters. The first-order valence-electron chi connectivity index (χ1n) is 9.43. The summed E-state index contributed by atoms with van der Waals surface area (Å²) in [4.78, 5) is 25.0. The fourth-order valence-electron chi connectivity index (χ4n) is 3.14. The number of amides is 2. The maximum absolute atomic E-state index is 12.5. The van der Waals surface area contributed by atoms with Crippen molar-refractivity contribution < 1.29 is 14.3 Å². The maximum atomic E-state index is 12.5. The Morgan fingerprint density at radius 1 is 1.10 bits per heavy atom. The number of rotatable bonds is 4. The third-order valence-electron chi connectivity index (χ3n) is 4.66. The summed E-state index contributed by atoms with van der Waals surface area (Å²) in [6.45, 7) is 2.43. The minimum Gasteiger partial charge on any atom is -0.449 e. The molecule has 2 N–H and O–H groups in total. The number of anilines is 1. The zero-order chi connectivity index (χ0) is 21.1. The number of nitrogens with one attached hydrogen (secondary N) is 2. The summed E-state index contributed by atoms with van der Waals surface area (Å²) in [6, 6.07) is 20.0. The number of halogens is 1. The summed E-state index contributed by atoms with van der Waals surface area (Å²) in [7, 11) is 0. The van der Waals surface area contributed by atoms with Gasteiger partial charge in [0.15, 0.2) is 11.5 Å². The average Bonchev–Trinajstić information content (AvgIpc) is 2.74. The van der Waals surface area contributed by atoms with Crippen LogP contribution < -0.4 is 15.4 Å². The molecule has 0 aliphatic carbocycles. The van der Waals surface area contributed by atoms with Crippen LogP contribution in [0.1, 0.15) is 27.0 Å². The highest BCUT2D eigenvalue weighted by atomic mass is 35.5. The number of aryl methyl sites for hydroxylation is 1. The van der Waals surface area contributed by atoms with Crippen LogP contribution in [0.25, 0.3) is 6.08 Å². The molecule has 0 fully saturated rings. The molecule has 1 heterocycles. The van der Waals surface area contributed by atoms with Crippen LogP contribution in [0.4, 0.5) is 5.69 Å². The molecule has 0 radical (unpaired) electrons. The van der Waals surface area contributed by atoms with Crippen molar-refractivity contribution in [1.29, 1.82) is 0 Å². The Balaban J connectivity index is 1.49. The lowest BCUT2D eigenvalue weighted by Gasteiger charge is -2.20. The van der Waals surface area contributed by atoms with Gasteiger partial charge >= 0.3 is 0 Å². The molecule has 0 spiro atoms. The molecule has 150 valence electrons. The summed E-state index contributed by atoms with van der Waals surface area (Å²) in [5.74, 6) is -0.0407. The lowest BCUT2D eigenvalue weighted by Crippen LogP contribution is -2.25. The molecule has 4 rings (SSSR count). The first-order chi connectivity index (χ1) is 14.5. The number of hydrogen-bond acceptors (Lipinski definition) is 3. The molecule has 3 aromatic carbocycles. The van der Waals surface area contributed by atoms with E-state index in [-0.39, 0.29) is 11.7 Å². The van der Waals surface area contributed by atoms with Gasteiger partial charge in [-0.1, -0.05) is 59.6 Å². The molecular weight excluding hydrogens is 400 g/mol. The maximum Gasteiger partial charge on any atom is 0.291 e. The number of benzene rings is 3. The van der Waals surface area contributed by atoms with Crippen LogP contribution in [0.15, 0.2) is 72.5 Å². The molecular formula is C24H19ClN2O3. The van der Waals surface area contributed by atoms with E-state index in [4.69, 9.17) is 16.3 Å². The molecule has 0 unspecified atom stereocenters. The molecule has 0 aromatic heterocycles. The molecule has 0 bridgehead atoms. The minimum absolute atomic E-state index is 0.132. The van der Waals surface area contributed by atoms with E-state index in [0.29, 0.717) is 34.1 Å². The van der Waals surface area contributed by atoms with E-state index in [0.717, 1.165) is 11.1 Å². The molecule has 5 nitrogen and oxygen atoms in total. The molecule has 3 aromatic rings. The molecule has 0 saturated heterocycles. The standard InChI is InChI=1S/C24H19ClN2O3/c1-15-5-4-6-16(11-15)14-26-23(28)18-9-10-21-20(12-18)27-24(29)22(30-21)13-17-7-2-3-8-19(17)25/h2-13H,14H2,1H3,(H,26,28)(H,27,29)/b22-13-. The van der Waals surface area contributed by atoms with Crippen molar-refractivity contribution in [2.45, 2.75) is 13.5 Å². The summed E-state index contributed by atoms with van der Waals surface area (Å²) >= 11 is 6.15. The van der Waals surface area contributed by atoms with Gasteiger partial charge in [0.1, 0.15) is 0 Å². The van der Waals surface area contributed by atoms with Gasteiger partial charge < -0.3 is 15.4 Å². The Hall–Kier alpha value is -3.57. The first kappa shape index (κ1) is 19.7. The summed E-state index contributed by atoms with van der Waals surface area (Å²) in [5.41, 5.74) is 3.71. The first-order valence-corrected chi connectivity index (χ1v) is 9.80. The van der Waals surface area contributed by atoms with Gasteiger partial charge in [-0.25, -0.2) is 0 Å². The second kappa shape index (κ2) is 8.43. The molecule has 30 heavy (non-hydrogen) atoms. The van der Waals surface area contributed by atoms with Crippen molar-refractivity contribution in [2.24, 2.45) is 0 Å². The summed E-state index contributed by atoms with van der Waals surface area (Å²) < 4.78 is 5.74. The predicted molar refractivity (Wildman–Crippen MR) is 117 cm³/mol. The SMILES string of the molecule is Cc1cccc(CNC(=O)c2ccc3c(c2)NC(=O)/C(=C/c2ccccc2Cl)O3)c1. The monoisotopic (exact) mass is 418 g/mol. The van der Waals surface area contributed by atoms with Crippen LogP contribution in [-0.4, -0.2) is 11.8 Å². The quantitative estimate of drug-likeness (QED) is 0.589. The van der Waals surface area contributed by atoms with Crippen LogP contribution >= 0.6 is 11.6 Å². The van der Waals surface area contributed by atoms with Crippen molar-refractivity contribution in [1.82, 2.24) is 5.32 Å². The fraction of sp³-hybridized carbons (Fsp3) is 0.0833. The number of carbonyl (C=O) groups is 2. The van der Waals surface area contributed by atoms with E-state index in [2.05, 4.69) is 10.6 Å². The van der Waals surface area contributed by atoms with E-state index < -0.39 is 5.91 Å². The highest BCUT2D eigenvalue weighted by Crippen LogP contribution is 2.33. The number of hydrogen-bond donors (Lipinski definition) is 2. The van der Waals surface area contributed by atoms with Crippen LogP contribution in [0.5, 0.6) is 5.75 Å². The van der Waals surface area contributed by atoms with Gasteiger partial charge in [0.05, 0.1) is 5.69 Å². The third kappa shape index (κ3) is 4.36. The number of carbonyl (C=O) groups excluding carboxylic acids is 2. The smallest absolute Gasteiger partial charge is 0.291 e. The van der Waals surface area contributed by atoms with Gasteiger partial charge in [0, 0.05) is 17.1 Å². The lowest BCUT2D eigenvalue weighted by molar-refractivity contribution is -0.115. The Bertz CT molecular complexity index is 1170. The normalized spacial score (nSPS) is 13.9. The zero-order valence-electron chi connectivity index (χ0n) is 16.2. The van der Waals surface area contributed by atoms with Crippen molar-refractivity contribution in [2.75, 3.05) is 5.32 Å². The third-order valence-corrected chi connectivity index (χ3v) is 5.01. The molecule has 6 heteroatoms. The Labute approximate surface area is 179 Å². The van der Waals surface area contributed by atoms with Crippen molar-refractivity contribution in [3.8, 4) is 5.75 Å². The molecule has 2 amide bonds. The summed E-state index contributed by atoms with van der Waals surface area (Å²) in [5, 5.41) is 6.18. The number of fused-ring (bicyclic) bond motifs is 1. The second-order valence-corrected chi connectivity index (χ2v) is 7.38. The van der Waals surface area contributed by atoms with Crippen molar-refractivity contribution in [3.63, 3.8) is 0 Å². The van der Waals surface area contributed by atoms with Crippen LogP contribution in [0.2, 0.25) is 5.02 Å². The van der Waals surface area contributed by atoms with Gasteiger partial charge in [-0.15, -0.1) is 0 Å². The van der Waals surface area contributed by atoms with Gasteiger partial charge in [-0.05, 0) is 48.4 Å². The summed E-state index contributed by atoms with van der Waals surface area (Å²) in [6.07, 6.45) is 1.59. The van der Waals surface area contributed by atoms with Gasteiger partial charge in [-0.3, -0.25) is 9.59 Å².